The Labute approximate surface area is 175 Å². The van der Waals surface area contributed by atoms with E-state index in [0.717, 1.165) is 25.5 Å². The molecule has 2 rings (SSSR count). The van der Waals surface area contributed by atoms with Gasteiger partial charge in [0.2, 0.25) is 0 Å². The first-order valence-corrected chi connectivity index (χ1v) is 10.1. The van der Waals surface area contributed by atoms with Gasteiger partial charge in [-0.2, -0.15) is 17.5 Å². The summed E-state index contributed by atoms with van der Waals surface area (Å²) in [7, 11) is -1.83. The van der Waals surface area contributed by atoms with E-state index in [4.69, 9.17) is 4.74 Å². The number of halogens is 4. The SMILES string of the molecule is CN=C(NCC1CCN(S(=O)(=O)C(F)(F)F)CC1)N1CCC(COC)C1.I. The molecule has 2 saturated heterocycles. The monoisotopic (exact) mass is 528 g/mol. The highest BCUT2D eigenvalue weighted by molar-refractivity contribution is 14.0. The highest BCUT2D eigenvalue weighted by Gasteiger charge is 2.50. The largest absolute Gasteiger partial charge is 0.511 e. The average Bonchev–Trinajstić information content (AvgIpc) is 3.04. The molecule has 0 radical (unpaired) electrons. The number of ether oxygens (including phenoxy) is 1. The van der Waals surface area contributed by atoms with Crippen molar-refractivity contribution >= 4 is 40.0 Å². The summed E-state index contributed by atoms with van der Waals surface area (Å²) >= 11 is 0. The predicted molar refractivity (Wildman–Crippen MR) is 108 cm³/mol. The van der Waals surface area contributed by atoms with Crippen molar-refractivity contribution in [2.45, 2.75) is 24.8 Å². The van der Waals surface area contributed by atoms with Gasteiger partial charge in [0.25, 0.3) is 0 Å². The molecule has 7 nitrogen and oxygen atoms in total. The fraction of sp³-hybridized carbons (Fsp3) is 0.933. The van der Waals surface area contributed by atoms with Crippen LogP contribution in [0.3, 0.4) is 0 Å². The number of hydrogen-bond acceptors (Lipinski definition) is 4. The molecule has 0 bridgehead atoms. The van der Waals surface area contributed by atoms with Gasteiger partial charge in [-0.15, -0.1) is 24.0 Å². The number of methoxy groups -OCH3 is 1. The van der Waals surface area contributed by atoms with Gasteiger partial charge in [0, 0.05) is 52.8 Å². The predicted octanol–water partition coefficient (Wildman–Crippen LogP) is 1.71. The second-order valence-corrected chi connectivity index (χ2v) is 8.71. The zero-order chi connectivity index (χ0) is 19.4. The van der Waals surface area contributed by atoms with Gasteiger partial charge in [0.1, 0.15) is 0 Å². The van der Waals surface area contributed by atoms with E-state index < -0.39 is 15.5 Å². The van der Waals surface area contributed by atoms with Crippen LogP contribution in [0, 0.1) is 11.8 Å². The molecule has 1 N–H and O–H groups in total. The molecule has 2 fully saturated rings. The maximum absolute atomic E-state index is 12.6. The lowest BCUT2D eigenvalue weighted by Crippen LogP contribution is -2.47. The fourth-order valence-electron chi connectivity index (χ4n) is 3.46. The highest BCUT2D eigenvalue weighted by atomic mass is 127. The zero-order valence-electron chi connectivity index (χ0n) is 15.5. The molecule has 2 aliphatic rings. The minimum atomic E-state index is -5.23. The molecule has 2 heterocycles. The van der Waals surface area contributed by atoms with Crippen molar-refractivity contribution in [3.8, 4) is 0 Å². The number of hydrogen-bond donors (Lipinski definition) is 1. The van der Waals surface area contributed by atoms with Crippen LogP contribution in [-0.4, -0.2) is 82.6 Å². The average molecular weight is 528 g/mol. The van der Waals surface area contributed by atoms with Crippen LogP contribution in [0.5, 0.6) is 0 Å². The summed E-state index contributed by atoms with van der Waals surface area (Å²) in [6.45, 7) is 2.81. The number of nitrogens with one attached hydrogen (secondary N) is 1. The van der Waals surface area contributed by atoms with Crippen molar-refractivity contribution in [1.82, 2.24) is 14.5 Å². The summed E-state index contributed by atoms with van der Waals surface area (Å²) in [6, 6.07) is 0. The van der Waals surface area contributed by atoms with Crippen molar-refractivity contribution in [1.29, 1.82) is 0 Å². The minimum absolute atomic E-state index is 0. The van der Waals surface area contributed by atoms with E-state index in [1.54, 1.807) is 14.2 Å². The molecule has 0 amide bonds. The van der Waals surface area contributed by atoms with Crippen LogP contribution >= 0.6 is 24.0 Å². The summed E-state index contributed by atoms with van der Waals surface area (Å²) in [5, 5.41) is 3.27. The van der Waals surface area contributed by atoms with Gasteiger partial charge in [-0.25, -0.2) is 8.42 Å². The Bertz CT molecular complexity index is 596. The number of piperidine rings is 1. The van der Waals surface area contributed by atoms with Crippen LogP contribution in [0.1, 0.15) is 19.3 Å². The Balaban J connectivity index is 0.00000364. The number of rotatable bonds is 5. The van der Waals surface area contributed by atoms with Crippen molar-refractivity contribution < 1.29 is 26.3 Å². The van der Waals surface area contributed by atoms with Crippen LogP contribution < -0.4 is 5.32 Å². The van der Waals surface area contributed by atoms with E-state index in [9.17, 15) is 21.6 Å². The summed E-state index contributed by atoms with van der Waals surface area (Å²) in [4.78, 5) is 6.42. The quantitative estimate of drug-likeness (QED) is 0.334. The van der Waals surface area contributed by atoms with Gasteiger partial charge in [0.15, 0.2) is 5.96 Å². The smallest absolute Gasteiger partial charge is 0.384 e. The normalized spacial score (nSPS) is 23.4. The van der Waals surface area contributed by atoms with Gasteiger partial charge < -0.3 is 15.0 Å². The molecule has 0 aromatic heterocycles. The van der Waals surface area contributed by atoms with Gasteiger partial charge in [-0.3, -0.25) is 4.99 Å². The zero-order valence-corrected chi connectivity index (χ0v) is 18.7. The lowest BCUT2D eigenvalue weighted by molar-refractivity contribution is -0.0496. The molecule has 27 heavy (non-hydrogen) atoms. The fourth-order valence-corrected chi connectivity index (χ4v) is 4.45. The summed E-state index contributed by atoms with van der Waals surface area (Å²) in [6.07, 6.45) is 1.82. The number of nitrogens with zero attached hydrogens (tertiary/aromatic N) is 3. The number of aliphatic imine (C=N–C) groups is 1. The van der Waals surface area contributed by atoms with Crippen molar-refractivity contribution in [3.05, 3.63) is 0 Å². The Kier molecular flexibility index (Phi) is 9.55. The third-order valence-corrected chi connectivity index (χ3v) is 6.58. The van der Waals surface area contributed by atoms with Crippen LogP contribution in [0.2, 0.25) is 0 Å². The molecule has 1 atom stereocenters. The lowest BCUT2D eigenvalue weighted by Gasteiger charge is -2.32. The third kappa shape index (κ3) is 6.32. The van der Waals surface area contributed by atoms with Gasteiger partial charge in [-0.1, -0.05) is 0 Å². The molecule has 160 valence electrons. The number of alkyl halides is 3. The summed E-state index contributed by atoms with van der Waals surface area (Å²) in [5.41, 5.74) is -5.23. The van der Waals surface area contributed by atoms with E-state index in [1.165, 1.54) is 0 Å². The van der Waals surface area contributed by atoms with E-state index >= 15 is 0 Å². The Morgan fingerprint density at radius 2 is 1.78 bits per heavy atom. The third-order valence-electron chi connectivity index (χ3n) is 4.95. The minimum Gasteiger partial charge on any atom is -0.384 e. The Morgan fingerprint density at radius 3 is 2.30 bits per heavy atom. The molecular formula is C15H28F3IN4O3S. The summed E-state index contributed by atoms with van der Waals surface area (Å²) in [5.74, 6) is 1.35. The Hall–Kier alpha value is -0.340. The van der Waals surface area contributed by atoms with E-state index in [-0.39, 0.29) is 43.0 Å². The lowest BCUT2D eigenvalue weighted by atomic mass is 9.98. The summed E-state index contributed by atoms with van der Waals surface area (Å²) < 4.78 is 66.4. The first-order chi connectivity index (χ1) is 12.2. The second kappa shape index (κ2) is 10.4. The molecule has 0 aromatic rings. The molecule has 0 saturated carbocycles. The maximum Gasteiger partial charge on any atom is 0.511 e. The van der Waals surface area contributed by atoms with Crippen molar-refractivity contribution in [2.75, 3.05) is 53.5 Å². The second-order valence-electron chi connectivity index (χ2n) is 6.78. The molecule has 0 spiro atoms. The molecule has 0 aliphatic carbocycles. The van der Waals surface area contributed by atoms with E-state index in [1.807, 2.05) is 0 Å². The standard InChI is InChI=1S/C15H27F3N4O3S.HI/c1-19-14(21-6-3-13(10-21)11-25-2)20-9-12-4-7-22(8-5-12)26(23,24)15(16,17)18;/h12-13H,3-11H2,1-2H3,(H,19,20);1H. The first-order valence-electron chi connectivity index (χ1n) is 8.70. The molecule has 12 heteroatoms. The molecular weight excluding hydrogens is 500 g/mol. The van der Waals surface area contributed by atoms with E-state index in [2.05, 4.69) is 15.2 Å². The number of sulfonamides is 1. The van der Waals surface area contributed by atoms with Crippen LogP contribution in [0.25, 0.3) is 0 Å². The molecule has 1 unspecified atom stereocenters. The van der Waals surface area contributed by atoms with Crippen LogP contribution in [-0.2, 0) is 14.8 Å². The van der Waals surface area contributed by atoms with Gasteiger partial charge >= 0.3 is 15.5 Å². The molecule has 0 aromatic carbocycles. The molecule has 2 aliphatic heterocycles. The van der Waals surface area contributed by atoms with Gasteiger partial charge in [-0.05, 0) is 25.2 Å². The van der Waals surface area contributed by atoms with Gasteiger partial charge in [0.05, 0.1) is 6.61 Å². The van der Waals surface area contributed by atoms with Crippen LogP contribution in [0.4, 0.5) is 13.2 Å². The van der Waals surface area contributed by atoms with Crippen molar-refractivity contribution in [3.63, 3.8) is 0 Å². The highest BCUT2D eigenvalue weighted by Crippen LogP contribution is 2.30. The first kappa shape index (κ1) is 24.7. The Morgan fingerprint density at radius 1 is 1.19 bits per heavy atom. The maximum atomic E-state index is 12.6. The topological polar surface area (TPSA) is 74.2 Å². The van der Waals surface area contributed by atoms with E-state index in [0.29, 0.717) is 36.2 Å². The number of guanidine groups is 1. The van der Waals surface area contributed by atoms with Crippen molar-refractivity contribution in [2.24, 2.45) is 16.8 Å². The number of likely N-dealkylation sites (tertiary alicyclic amines) is 1. The van der Waals surface area contributed by atoms with Crippen LogP contribution in [0.15, 0.2) is 4.99 Å².